The molecular weight excluding hydrogens is 282 g/mol. The molecule has 0 unspecified atom stereocenters. The average molecular weight is 301 g/mol. The summed E-state index contributed by atoms with van der Waals surface area (Å²) < 4.78 is 32.2. The van der Waals surface area contributed by atoms with Gasteiger partial charge in [0.05, 0.1) is 0 Å². The van der Waals surface area contributed by atoms with E-state index >= 15 is 0 Å². The molecule has 0 spiro atoms. The zero-order valence-electron chi connectivity index (χ0n) is 11.8. The van der Waals surface area contributed by atoms with Crippen LogP contribution < -0.4 is 0 Å². The number of aromatic carboxylic acids is 1. The molecule has 7 heteroatoms. The van der Waals surface area contributed by atoms with Crippen molar-refractivity contribution in [1.29, 1.82) is 0 Å². The van der Waals surface area contributed by atoms with Gasteiger partial charge in [-0.1, -0.05) is 6.92 Å². The molecule has 1 aliphatic rings. The Morgan fingerprint density at radius 2 is 1.95 bits per heavy atom. The maximum atomic E-state index is 12.8. The molecule has 1 N–H and O–H groups in total. The molecule has 0 saturated heterocycles. The molecule has 1 fully saturated rings. The predicted molar refractivity (Wildman–Crippen MR) is 72.3 cm³/mol. The van der Waals surface area contributed by atoms with Crippen molar-refractivity contribution >= 4 is 16.0 Å². The quantitative estimate of drug-likeness (QED) is 0.870. The van der Waals surface area contributed by atoms with Crippen LogP contribution in [-0.4, -0.2) is 36.4 Å². The van der Waals surface area contributed by atoms with Gasteiger partial charge in [-0.25, -0.2) is 13.2 Å². The summed E-state index contributed by atoms with van der Waals surface area (Å²) in [5.74, 6) is -1.01. The second-order valence-corrected chi connectivity index (χ2v) is 6.90. The first-order valence-electron chi connectivity index (χ1n) is 6.65. The summed E-state index contributed by atoms with van der Waals surface area (Å²) in [6.45, 7) is 5.26. The zero-order chi connectivity index (χ0) is 15.1. The van der Waals surface area contributed by atoms with Crippen molar-refractivity contribution in [1.82, 2.24) is 4.31 Å². The molecule has 0 bridgehead atoms. The SMILES string of the molecule is CCCN(C1CC1)S(=O)(=O)c1c(C)oc(C)c1C(=O)O. The molecule has 1 saturated carbocycles. The Morgan fingerprint density at radius 1 is 1.35 bits per heavy atom. The lowest BCUT2D eigenvalue weighted by atomic mass is 10.2. The van der Waals surface area contributed by atoms with E-state index in [9.17, 15) is 18.3 Å². The summed E-state index contributed by atoms with van der Waals surface area (Å²) >= 11 is 0. The fourth-order valence-electron chi connectivity index (χ4n) is 2.42. The lowest BCUT2D eigenvalue weighted by Crippen LogP contribution is -2.34. The number of hydrogen-bond acceptors (Lipinski definition) is 4. The van der Waals surface area contributed by atoms with Crippen molar-refractivity contribution in [3.8, 4) is 0 Å². The molecule has 0 aliphatic heterocycles. The summed E-state index contributed by atoms with van der Waals surface area (Å²) in [6, 6.07) is -0.00352. The monoisotopic (exact) mass is 301 g/mol. The van der Waals surface area contributed by atoms with Crippen LogP contribution in [0.15, 0.2) is 9.31 Å². The van der Waals surface area contributed by atoms with Gasteiger partial charge in [-0.15, -0.1) is 0 Å². The summed E-state index contributed by atoms with van der Waals surface area (Å²) in [7, 11) is -3.83. The van der Waals surface area contributed by atoms with Crippen molar-refractivity contribution in [2.24, 2.45) is 0 Å². The summed E-state index contributed by atoms with van der Waals surface area (Å²) in [5, 5.41) is 9.25. The van der Waals surface area contributed by atoms with Gasteiger partial charge in [0.25, 0.3) is 0 Å². The zero-order valence-corrected chi connectivity index (χ0v) is 12.7. The molecular formula is C13H19NO5S. The van der Waals surface area contributed by atoms with Crippen molar-refractivity contribution in [2.45, 2.75) is 51.0 Å². The van der Waals surface area contributed by atoms with Crippen LogP contribution in [0.3, 0.4) is 0 Å². The van der Waals surface area contributed by atoms with E-state index in [4.69, 9.17) is 4.42 Å². The molecule has 2 rings (SSSR count). The molecule has 20 heavy (non-hydrogen) atoms. The van der Waals surface area contributed by atoms with Gasteiger partial charge in [0.15, 0.2) is 0 Å². The smallest absolute Gasteiger partial charge is 0.340 e. The molecule has 1 aromatic heterocycles. The Morgan fingerprint density at radius 3 is 2.40 bits per heavy atom. The minimum atomic E-state index is -3.83. The molecule has 0 aromatic carbocycles. The van der Waals surface area contributed by atoms with E-state index in [1.54, 1.807) is 0 Å². The number of hydrogen-bond donors (Lipinski definition) is 1. The van der Waals surface area contributed by atoms with Crippen molar-refractivity contribution in [3.05, 3.63) is 17.1 Å². The van der Waals surface area contributed by atoms with Gasteiger partial charge in [-0.05, 0) is 33.1 Å². The van der Waals surface area contributed by atoms with Crippen LogP contribution in [0.4, 0.5) is 0 Å². The number of sulfonamides is 1. The third-order valence-electron chi connectivity index (χ3n) is 3.38. The van der Waals surface area contributed by atoms with Gasteiger partial charge in [0.2, 0.25) is 10.0 Å². The first kappa shape index (κ1) is 15.1. The highest BCUT2D eigenvalue weighted by Gasteiger charge is 2.41. The second-order valence-electron chi connectivity index (χ2n) is 5.07. The van der Waals surface area contributed by atoms with Crippen molar-refractivity contribution in [3.63, 3.8) is 0 Å². The fraction of sp³-hybridized carbons (Fsp3) is 0.615. The Bertz CT molecular complexity index is 627. The van der Waals surface area contributed by atoms with E-state index in [0.29, 0.717) is 13.0 Å². The van der Waals surface area contributed by atoms with Crippen LogP contribution in [0, 0.1) is 13.8 Å². The minimum absolute atomic E-state index is 0.00352. The molecule has 6 nitrogen and oxygen atoms in total. The van der Waals surface area contributed by atoms with Crippen LogP contribution in [0.5, 0.6) is 0 Å². The molecule has 1 heterocycles. The maximum absolute atomic E-state index is 12.8. The third-order valence-corrected chi connectivity index (χ3v) is 5.49. The van der Waals surface area contributed by atoms with Crippen LogP contribution in [-0.2, 0) is 10.0 Å². The first-order valence-corrected chi connectivity index (χ1v) is 8.09. The number of aryl methyl sites for hydroxylation is 2. The average Bonchev–Trinajstić information content (AvgIpc) is 3.10. The Labute approximate surface area is 118 Å². The van der Waals surface area contributed by atoms with Gasteiger partial charge in [0, 0.05) is 12.6 Å². The van der Waals surface area contributed by atoms with Gasteiger partial charge < -0.3 is 9.52 Å². The molecule has 1 aliphatic carbocycles. The van der Waals surface area contributed by atoms with Gasteiger partial charge in [-0.2, -0.15) is 4.31 Å². The van der Waals surface area contributed by atoms with E-state index in [-0.39, 0.29) is 28.0 Å². The minimum Gasteiger partial charge on any atom is -0.478 e. The third kappa shape index (κ3) is 2.47. The van der Waals surface area contributed by atoms with E-state index in [1.807, 2.05) is 6.92 Å². The number of carbonyl (C=O) groups is 1. The number of carboxylic acid groups (broad SMARTS) is 1. The van der Waals surface area contributed by atoms with Crippen molar-refractivity contribution in [2.75, 3.05) is 6.54 Å². The lowest BCUT2D eigenvalue weighted by molar-refractivity contribution is 0.0691. The van der Waals surface area contributed by atoms with Gasteiger partial charge in [-0.3, -0.25) is 0 Å². The topological polar surface area (TPSA) is 87.8 Å². The Kier molecular flexibility index (Phi) is 3.93. The molecule has 0 amide bonds. The van der Waals surface area contributed by atoms with Gasteiger partial charge >= 0.3 is 5.97 Å². The molecule has 0 radical (unpaired) electrons. The van der Waals surface area contributed by atoms with Crippen LogP contribution in [0.25, 0.3) is 0 Å². The van der Waals surface area contributed by atoms with Crippen molar-refractivity contribution < 1.29 is 22.7 Å². The van der Waals surface area contributed by atoms with E-state index in [0.717, 1.165) is 12.8 Å². The van der Waals surface area contributed by atoms with Crippen LogP contribution in [0.1, 0.15) is 48.1 Å². The Hall–Kier alpha value is -1.34. The van der Waals surface area contributed by atoms with Crippen LogP contribution >= 0.6 is 0 Å². The normalized spacial score (nSPS) is 15.8. The molecule has 112 valence electrons. The molecule has 0 atom stereocenters. The van der Waals surface area contributed by atoms with Crippen LogP contribution in [0.2, 0.25) is 0 Å². The van der Waals surface area contributed by atoms with E-state index < -0.39 is 16.0 Å². The first-order chi connectivity index (χ1) is 9.30. The standard InChI is InChI=1S/C13H19NO5S/c1-4-7-14(10-5-6-10)20(17,18)12-9(3)19-8(2)11(12)13(15)16/h10H,4-7H2,1-3H3,(H,15,16). The Balaban J connectivity index is 2.56. The maximum Gasteiger partial charge on any atom is 0.340 e. The highest BCUT2D eigenvalue weighted by Crippen LogP contribution is 2.36. The lowest BCUT2D eigenvalue weighted by Gasteiger charge is -2.21. The highest BCUT2D eigenvalue weighted by atomic mass is 32.2. The van der Waals surface area contributed by atoms with E-state index in [1.165, 1.54) is 18.2 Å². The summed E-state index contributed by atoms with van der Waals surface area (Å²) in [6.07, 6.45) is 2.35. The molecule has 1 aromatic rings. The summed E-state index contributed by atoms with van der Waals surface area (Å²) in [4.78, 5) is 11.1. The second kappa shape index (κ2) is 5.21. The van der Waals surface area contributed by atoms with E-state index in [2.05, 4.69) is 0 Å². The number of rotatable bonds is 6. The highest BCUT2D eigenvalue weighted by molar-refractivity contribution is 7.89. The fourth-order valence-corrected chi connectivity index (χ4v) is 4.58. The van der Waals surface area contributed by atoms with Gasteiger partial charge in [0.1, 0.15) is 22.0 Å². The number of furan rings is 1. The predicted octanol–water partition coefficient (Wildman–Crippen LogP) is 2.16. The number of nitrogens with zero attached hydrogens (tertiary/aromatic N) is 1. The summed E-state index contributed by atoms with van der Waals surface area (Å²) in [5.41, 5.74) is -0.246. The largest absolute Gasteiger partial charge is 0.478 e. The number of carboxylic acids is 1.